The molecular weight excluding hydrogens is 456 g/mol. The molecule has 1 aliphatic heterocycles. The first-order valence-electron chi connectivity index (χ1n) is 10.7. The molecule has 2 aromatic heterocycles. The van der Waals surface area contributed by atoms with Gasteiger partial charge in [-0.1, -0.05) is 41.3 Å². The van der Waals surface area contributed by atoms with Crippen molar-refractivity contribution in [3.05, 3.63) is 82.9 Å². The van der Waals surface area contributed by atoms with Crippen molar-refractivity contribution in [2.24, 2.45) is 0 Å². The molecule has 0 bridgehead atoms. The third-order valence-corrected chi connectivity index (χ3v) is 7.13. The molecule has 1 saturated heterocycles. The van der Waals surface area contributed by atoms with Gasteiger partial charge in [-0.2, -0.15) is 0 Å². The van der Waals surface area contributed by atoms with Crippen LogP contribution in [0, 0.1) is 0 Å². The second-order valence-electron chi connectivity index (χ2n) is 8.11. The third kappa shape index (κ3) is 3.67. The molecule has 2 aliphatic rings. The predicted molar refractivity (Wildman–Crippen MR) is 129 cm³/mol. The van der Waals surface area contributed by atoms with Crippen molar-refractivity contribution in [3.63, 3.8) is 0 Å². The van der Waals surface area contributed by atoms with Gasteiger partial charge in [0.05, 0.1) is 11.7 Å². The molecule has 0 amide bonds. The number of nitrogens with zero attached hydrogens (tertiary/aromatic N) is 3. The maximum atomic E-state index is 5.85. The summed E-state index contributed by atoms with van der Waals surface area (Å²) in [5.41, 5.74) is 3.41. The van der Waals surface area contributed by atoms with Crippen molar-refractivity contribution in [1.29, 1.82) is 0 Å². The molecular formula is C24H25BrN4S. The van der Waals surface area contributed by atoms with Crippen molar-refractivity contribution >= 4 is 38.9 Å². The van der Waals surface area contributed by atoms with E-state index in [1.54, 1.807) is 0 Å². The molecule has 30 heavy (non-hydrogen) atoms. The largest absolute Gasteiger partial charge is 0.351 e. The highest BCUT2D eigenvalue weighted by Crippen LogP contribution is 2.43. The highest BCUT2D eigenvalue weighted by molar-refractivity contribution is 9.10. The molecule has 3 aromatic rings. The van der Waals surface area contributed by atoms with Crippen LogP contribution in [0.1, 0.15) is 61.6 Å². The van der Waals surface area contributed by atoms with E-state index in [2.05, 4.69) is 84.4 Å². The van der Waals surface area contributed by atoms with Crippen LogP contribution in [0.2, 0.25) is 0 Å². The fourth-order valence-corrected chi connectivity index (χ4v) is 5.49. The smallest absolute Gasteiger partial charge is 0.174 e. The van der Waals surface area contributed by atoms with E-state index >= 15 is 0 Å². The summed E-state index contributed by atoms with van der Waals surface area (Å²) >= 11 is 9.40. The Balaban J connectivity index is 1.61. The SMILES string of the molecule is S=C1NC(c2ccccn2)C(c2cccn2C2CCCCC2)N1c1ccc(Br)cc1. The standard InChI is InChI=1S/C24H25BrN4S/c25-17-11-13-19(14-12-17)29-23(22(27-24(29)30)20-9-4-5-15-26-20)21-10-6-16-28(21)18-7-2-1-3-8-18/h4-6,9-16,18,22-23H,1-3,7-8H2,(H,27,30). The van der Waals surface area contributed by atoms with Crippen LogP contribution in [0.15, 0.2) is 71.5 Å². The summed E-state index contributed by atoms with van der Waals surface area (Å²) in [6.07, 6.45) is 10.6. The summed E-state index contributed by atoms with van der Waals surface area (Å²) in [6.45, 7) is 0. The fraction of sp³-hybridized carbons (Fsp3) is 0.333. The summed E-state index contributed by atoms with van der Waals surface area (Å²) in [6, 6.07) is 19.5. The Hall–Kier alpha value is -2.18. The number of nitrogens with one attached hydrogen (secondary N) is 1. The van der Waals surface area contributed by atoms with E-state index in [9.17, 15) is 0 Å². The molecule has 0 radical (unpaired) electrons. The van der Waals surface area contributed by atoms with Gasteiger partial charge in [0.1, 0.15) is 6.04 Å². The molecule has 154 valence electrons. The monoisotopic (exact) mass is 480 g/mol. The van der Waals surface area contributed by atoms with Crippen LogP contribution in [0.25, 0.3) is 0 Å². The van der Waals surface area contributed by atoms with Crippen LogP contribution in [0.4, 0.5) is 5.69 Å². The van der Waals surface area contributed by atoms with Crippen LogP contribution in [0.3, 0.4) is 0 Å². The quantitative estimate of drug-likeness (QED) is 0.442. The Labute approximate surface area is 191 Å². The highest BCUT2D eigenvalue weighted by Gasteiger charge is 2.42. The molecule has 1 N–H and O–H groups in total. The number of benzene rings is 1. The number of aromatic nitrogens is 2. The molecule has 1 aliphatic carbocycles. The van der Waals surface area contributed by atoms with Crippen LogP contribution in [0.5, 0.6) is 0 Å². The molecule has 2 atom stereocenters. The van der Waals surface area contributed by atoms with Gasteiger partial charge in [0, 0.05) is 34.3 Å². The number of pyridine rings is 1. The Morgan fingerprint density at radius 3 is 2.50 bits per heavy atom. The molecule has 1 aromatic carbocycles. The first-order chi connectivity index (χ1) is 14.7. The van der Waals surface area contributed by atoms with Gasteiger partial charge in [0.2, 0.25) is 0 Å². The second-order valence-corrected chi connectivity index (χ2v) is 9.41. The lowest BCUT2D eigenvalue weighted by molar-refractivity contribution is 0.340. The molecule has 1 saturated carbocycles. The topological polar surface area (TPSA) is 33.1 Å². The van der Waals surface area contributed by atoms with Crippen LogP contribution in [-0.2, 0) is 0 Å². The van der Waals surface area contributed by atoms with Crippen molar-refractivity contribution in [3.8, 4) is 0 Å². The van der Waals surface area contributed by atoms with E-state index in [-0.39, 0.29) is 12.1 Å². The molecule has 2 fully saturated rings. The highest BCUT2D eigenvalue weighted by atomic mass is 79.9. The first-order valence-corrected chi connectivity index (χ1v) is 11.9. The lowest BCUT2D eigenvalue weighted by atomic mass is 9.94. The van der Waals surface area contributed by atoms with Gasteiger partial charge in [-0.05, 0) is 73.6 Å². The average Bonchev–Trinajstić information content (AvgIpc) is 3.40. The zero-order chi connectivity index (χ0) is 20.5. The number of rotatable bonds is 4. The van der Waals surface area contributed by atoms with Crippen molar-refractivity contribution in [2.45, 2.75) is 50.2 Å². The van der Waals surface area contributed by atoms with Gasteiger partial charge >= 0.3 is 0 Å². The molecule has 6 heteroatoms. The average molecular weight is 481 g/mol. The normalized spacial score (nSPS) is 22.3. The van der Waals surface area contributed by atoms with Gasteiger partial charge in [0.15, 0.2) is 5.11 Å². The minimum atomic E-state index is -0.000382. The Bertz CT molecular complexity index is 1010. The summed E-state index contributed by atoms with van der Waals surface area (Å²) in [4.78, 5) is 6.93. The predicted octanol–water partition coefficient (Wildman–Crippen LogP) is 6.33. The van der Waals surface area contributed by atoms with Crippen molar-refractivity contribution in [1.82, 2.24) is 14.9 Å². The van der Waals surface area contributed by atoms with Gasteiger partial charge < -0.3 is 14.8 Å². The fourth-order valence-electron chi connectivity index (χ4n) is 4.88. The van der Waals surface area contributed by atoms with E-state index in [0.29, 0.717) is 6.04 Å². The zero-order valence-corrected chi connectivity index (χ0v) is 19.1. The maximum absolute atomic E-state index is 5.85. The minimum absolute atomic E-state index is 0.000382. The zero-order valence-electron chi connectivity index (χ0n) is 16.7. The minimum Gasteiger partial charge on any atom is -0.351 e. The van der Waals surface area contributed by atoms with E-state index in [1.165, 1.54) is 37.8 Å². The number of anilines is 1. The molecule has 0 spiro atoms. The molecule has 5 rings (SSSR count). The maximum Gasteiger partial charge on any atom is 0.174 e. The van der Waals surface area contributed by atoms with Gasteiger partial charge in [-0.3, -0.25) is 4.98 Å². The Kier molecular flexibility index (Phi) is 5.61. The number of hydrogen-bond acceptors (Lipinski definition) is 2. The van der Waals surface area contributed by atoms with Crippen molar-refractivity contribution < 1.29 is 0 Å². The number of hydrogen-bond donors (Lipinski definition) is 1. The molecule has 3 heterocycles. The summed E-state index contributed by atoms with van der Waals surface area (Å²) < 4.78 is 3.56. The van der Waals surface area contributed by atoms with Gasteiger partial charge in [-0.25, -0.2) is 0 Å². The Morgan fingerprint density at radius 1 is 0.967 bits per heavy atom. The van der Waals surface area contributed by atoms with Crippen LogP contribution < -0.4 is 10.2 Å². The van der Waals surface area contributed by atoms with E-state index in [1.807, 2.05) is 18.3 Å². The summed E-state index contributed by atoms with van der Waals surface area (Å²) in [5.74, 6) is 0. The second kappa shape index (κ2) is 8.52. The molecule has 4 nitrogen and oxygen atoms in total. The van der Waals surface area contributed by atoms with Gasteiger partial charge in [0.25, 0.3) is 0 Å². The number of thiocarbonyl (C=S) groups is 1. The van der Waals surface area contributed by atoms with Gasteiger partial charge in [-0.15, -0.1) is 0 Å². The van der Waals surface area contributed by atoms with E-state index in [0.717, 1.165) is 21.0 Å². The Morgan fingerprint density at radius 2 is 1.77 bits per heavy atom. The third-order valence-electron chi connectivity index (χ3n) is 6.29. The van der Waals surface area contributed by atoms with Crippen molar-refractivity contribution in [2.75, 3.05) is 4.90 Å². The summed E-state index contributed by atoms with van der Waals surface area (Å²) in [7, 11) is 0. The summed E-state index contributed by atoms with van der Waals surface area (Å²) in [5, 5.41) is 4.32. The van der Waals surface area contributed by atoms with E-state index in [4.69, 9.17) is 12.2 Å². The number of halogens is 1. The van der Waals surface area contributed by atoms with Crippen LogP contribution in [-0.4, -0.2) is 14.7 Å². The molecule has 2 unspecified atom stereocenters. The lowest BCUT2D eigenvalue weighted by Gasteiger charge is -2.32. The first kappa shape index (κ1) is 19.8. The van der Waals surface area contributed by atoms with E-state index < -0.39 is 0 Å². The van der Waals surface area contributed by atoms with Crippen LogP contribution >= 0.6 is 28.1 Å². The lowest BCUT2D eigenvalue weighted by Crippen LogP contribution is -2.31.